The second-order valence-electron chi connectivity index (χ2n) is 5.25. The maximum absolute atomic E-state index is 13.2. The van der Waals surface area contributed by atoms with Crippen LogP contribution in [0.1, 0.15) is 24.9 Å². The molecule has 1 aliphatic rings. The van der Waals surface area contributed by atoms with Crippen molar-refractivity contribution in [1.29, 1.82) is 0 Å². The highest BCUT2D eigenvalue weighted by Crippen LogP contribution is 2.43. The Hall–Kier alpha value is -1.63. The maximum Gasteiger partial charge on any atom is 0.404 e. The Morgan fingerprint density at radius 3 is 2.43 bits per heavy atom. The summed E-state index contributed by atoms with van der Waals surface area (Å²) in [5, 5.41) is 4.97. The van der Waals surface area contributed by atoms with Gasteiger partial charge in [-0.25, -0.2) is 4.39 Å². The van der Waals surface area contributed by atoms with Gasteiger partial charge in [-0.05, 0) is 37.6 Å². The SMILES string of the molecule is C[C@@H](NC(=O)C1(C(F)(F)F)CCNC1)c1ccc(F)cc1. The van der Waals surface area contributed by atoms with Crippen molar-refractivity contribution in [1.82, 2.24) is 10.6 Å². The molecule has 1 aliphatic heterocycles. The van der Waals surface area contributed by atoms with Crippen LogP contribution in [0, 0.1) is 11.2 Å². The average molecular weight is 304 g/mol. The number of nitrogens with one attached hydrogen (secondary N) is 2. The van der Waals surface area contributed by atoms with Gasteiger partial charge < -0.3 is 10.6 Å². The van der Waals surface area contributed by atoms with Gasteiger partial charge in [0.05, 0.1) is 6.04 Å². The van der Waals surface area contributed by atoms with Crippen LogP contribution < -0.4 is 10.6 Å². The van der Waals surface area contributed by atoms with Gasteiger partial charge in [-0.2, -0.15) is 13.2 Å². The molecule has 0 bridgehead atoms. The van der Waals surface area contributed by atoms with Crippen molar-refractivity contribution in [2.45, 2.75) is 25.6 Å². The third-order valence-corrected chi connectivity index (χ3v) is 3.85. The van der Waals surface area contributed by atoms with Gasteiger partial charge in [-0.15, -0.1) is 0 Å². The normalized spacial score (nSPS) is 23.9. The summed E-state index contributed by atoms with van der Waals surface area (Å²) < 4.78 is 52.5. The van der Waals surface area contributed by atoms with Gasteiger partial charge in [0.2, 0.25) is 5.91 Å². The predicted octanol–water partition coefficient (Wildman–Crippen LogP) is 2.54. The Morgan fingerprint density at radius 1 is 1.33 bits per heavy atom. The molecular weight excluding hydrogens is 288 g/mol. The summed E-state index contributed by atoms with van der Waals surface area (Å²) in [6.45, 7) is 1.30. The molecule has 3 nitrogen and oxygen atoms in total. The highest BCUT2D eigenvalue weighted by Gasteiger charge is 2.61. The first kappa shape index (κ1) is 15.8. The van der Waals surface area contributed by atoms with Gasteiger partial charge in [-0.3, -0.25) is 4.79 Å². The van der Waals surface area contributed by atoms with Crippen LogP contribution >= 0.6 is 0 Å². The van der Waals surface area contributed by atoms with Gasteiger partial charge >= 0.3 is 6.18 Å². The van der Waals surface area contributed by atoms with E-state index in [-0.39, 0.29) is 13.0 Å². The first-order valence-corrected chi connectivity index (χ1v) is 6.60. The third-order valence-electron chi connectivity index (χ3n) is 3.85. The third kappa shape index (κ3) is 3.02. The van der Waals surface area contributed by atoms with Gasteiger partial charge in [-0.1, -0.05) is 12.1 Å². The topological polar surface area (TPSA) is 41.1 Å². The number of hydrogen-bond donors (Lipinski definition) is 2. The first-order chi connectivity index (χ1) is 9.76. The molecule has 21 heavy (non-hydrogen) atoms. The molecule has 1 amide bonds. The lowest BCUT2D eigenvalue weighted by atomic mass is 9.84. The van der Waals surface area contributed by atoms with Crippen molar-refractivity contribution >= 4 is 5.91 Å². The second-order valence-corrected chi connectivity index (χ2v) is 5.25. The summed E-state index contributed by atoms with van der Waals surface area (Å²) in [5.74, 6) is -1.49. The van der Waals surface area contributed by atoms with E-state index in [0.29, 0.717) is 5.56 Å². The number of hydrogen-bond acceptors (Lipinski definition) is 2. The number of alkyl halides is 3. The standard InChI is InChI=1S/C14H16F4N2O/c1-9(10-2-4-11(15)5-3-10)20-12(21)13(14(16,17)18)6-7-19-8-13/h2-5,9,19H,6-8H2,1H3,(H,20,21)/t9-,13?/m1/s1. The number of rotatable bonds is 3. The number of amides is 1. The summed E-state index contributed by atoms with van der Waals surface area (Å²) >= 11 is 0. The summed E-state index contributed by atoms with van der Waals surface area (Å²) in [4.78, 5) is 12.1. The van der Waals surface area contributed by atoms with Crippen molar-refractivity contribution in [3.8, 4) is 0 Å². The molecule has 1 aromatic carbocycles. The lowest BCUT2D eigenvalue weighted by molar-refractivity contribution is -0.216. The molecule has 0 radical (unpaired) electrons. The number of carbonyl (C=O) groups excluding carboxylic acids is 1. The molecular formula is C14H16F4N2O. The number of carbonyl (C=O) groups is 1. The van der Waals surface area contributed by atoms with Crippen LogP contribution in [0.2, 0.25) is 0 Å². The summed E-state index contributed by atoms with van der Waals surface area (Å²) in [6, 6.07) is 4.65. The van der Waals surface area contributed by atoms with E-state index in [2.05, 4.69) is 10.6 Å². The molecule has 1 saturated heterocycles. The molecule has 0 aliphatic carbocycles. The Bertz CT molecular complexity index is 507. The molecule has 1 fully saturated rings. The fourth-order valence-corrected chi connectivity index (χ4v) is 2.43. The lowest BCUT2D eigenvalue weighted by Crippen LogP contribution is -2.52. The summed E-state index contributed by atoms with van der Waals surface area (Å²) in [5.41, 5.74) is -1.84. The minimum absolute atomic E-state index is 0.151. The molecule has 2 rings (SSSR count). The molecule has 116 valence electrons. The molecule has 0 spiro atoms. The van der Waals surface area contributed by atoms with Crippen molar-refractivity contribution in [2.75, 3.05) is 13.1 Å². The second kappa shape index (κ2) is 5.63. The highest BCUT2D eigenvalue weighted by molar-refractivity contribution is 5.84. The minimum Gasteiger partial charge on any atom is -0.349 e. The molecule has 2 N–H and O–H groups in total. The van der Waals surface area contributed by atoms with Gasteiger partial charge in [0.15, 0.2) is 5.41 Å². The van der Waals surface area contributed by atoms with E-state index in [1.165, 1.54) is 24.3 Å². The average Bonchev–Trinajstić information content (AvgIpc) is 2.89. The molecule has 2 atom stereocenters. The quantitative estimate of drug-likeness (QED) is 0.843. The Kier molecular flexibility index (Phi) is 4.22. The van der Waals surface area contributed by atoms with Crippen molar-refractivity contribution in [3.05, 3.63) is 35.6 Å². The van der Waals surface area contributed by atoms with E-state index in [9.17, 15) is 22.4 Å². The van der Waals surface area contributed by atoms with Crippen LogP contribution in [0.4, 0.5) is 17.6 Å². The zero-order valence-electron chi connectivity index (χ0n) is 11.4. The van der Waals surface area contributed by atoms with E-state index in [4.69, 9.17) is 0 Å². The minimum atomic E-state index is -4.61. The summed E-state index contributed by atoms with van der Waals surface area (Å²) in [6.07, 6.45) is -4.89. The molecule has 0 aromatic heterocycles. The first-order valence-electron chi connectivity index (χ1n) is 6.60. The Labute approximate surface area is 119 Å². The monoisotopic (exact) mass is 304 g/mol. The molecule has 1 heterocycles. The van der Waals surface area contributed by atoms with Crippen molar-refractivity contribution in [3.63, 3.8) is 0 Å². The molecule has 7 heteroatoms. The van der Waals surface area contributed by atoms with Gasteiger partial charge in [0.25, 0.3) is 0 Å². The zero-order chi connectivity index (χ0) is 15.7. The van der Waals surface area contributed by atoms with Crippen LogP contribution in [-0.4, -0.2) is 25.2 Å². The van der Waals surface area contributed by atoms with Crippen LogP contribution in [0.15, 0.2) is 24.3 Å². The smallest absolute Gasteiger partial charge is 0.349 e. The largest absolute Gasteiger partial charge is 0.404 e. The molecule has 1 unspecified atom stereocenters. The predicted molar refractivity (Wildman–Crippen MR) is 68.9 cm³/mol. The Balaban J connectivity index is 2.14. The van der Waals surface area contributed by atoms with Gasteiger partial charge in [0.1, 0.15) is 5.82 Å². The number of benzene rings is 1. The highest BCUT2D eigenvalue weighted by atomic mass is 19.4. The van der Waals surface area contributed by atoms with Crippen LogP contribution in [0.5, 0.6) is 0 Å². The van der Waals surface area contributed by atoms with E-state index in [1.807, 2.05) is 0 Å². The van der Waals surface area contributed by atoms with Crippen molar-refractivity contribution in [2.24, 2.45) is 5.41 Å². The number of halogens is 4. The van der Waals surface area contributed by atoms with Gasteiger partial charge in [0, 0.05) is 6.54 Å². The van der Waals surface area contributed by atoms with Crippen molar-refractivity contribution < 1.29 is 22.4 Å². The van der Waals surface area contributed by atoms with E-state index >= 15 is 0 Å². The summed E-state index contributed by atoms with van der Waals surface area (Å²) in [7, 11) is 0. The fourth-order valence-electron chi connectivity index (χ4n) is 2.43. The zero-order valence-corrected chi connectivity index (χ0v) is 11.4. The van der Waals surface area contributed by atoms with E-state index < -0.39 is 35.9 Å². The van der Waals surface area contributed by atoms with Crippen LogP contribution in [0.25, 0.3) is 0 Å². The maximum atomic E-state index is 13.2. The van der Waals surface area contributed by atoms with Crippen LogP contribution in [0.3, 0.4) is 0 Å². The molecule has 0 saturated carbocycles. The Morgan fingerprint density at radius 2 is 1.95 bits per heavy atom. The van der Waals surface area contributed by atoms with E-state index in [0.717, 1.165) is 0 Å². The van der Waals surface area contributed by atoms with E-state index in [1.54, 1.807) is 6.92 Å². The fraction of sp³-hybridized carbons (Fsp3) is 0.500. The molecule has 1 aromatic rings. The van der Waals surface area contributed by atoms with Crippen LogP contribution in [-0.2, 0) is 4.79 Å². The lowest BCUT2D eigenvalue weighted by Gasteiger charge is -2.30.